The lowest BCUT2D eigenvalue weighted by Gasteiger charge is -2.40. The molecule has 0 aromatic heterocycles. The Morgan fingerprint density at radius 2 is 2.07 bits per heavy atom. The van der Waals surface area contributed by atoms with Crippen molar-refractivity contribution < 1.29 is 14.4 Å². The van der Waals surface area contributed by atoms with Crippen molar-refractivity contribution in [1.82, 2.24) is 20.4 Å². The van der Waals surface area contributed by atoms with Crippen LogP contribution < -0.4 is 10.6 Å². The van der Waals surface area contributed by atoms with E-state index in [0.29, 0.717) is 23.9 Å². The Labute approximate surface area is 170 Å². The highest BCUT2D eigenvalue weighted by molar-refractivity contribution is 6.05. The van der Waals surface area contributed by atoms with Gasteiger partial charge in [0.2, 0.25) is 11.8 Å². The molecule has 1 aromatic carbocycles. The van der Waals surface area contributed by atoms with Gasteiger partial charge in [-0.15, -0.1) is 0 Å². The van der Waals surface area contributed by atoms with Crippen LogP contribution >= 0.6 is 0 Å². The molecule has 0 aliphatic carbocycles. The van der Waals surface area contributed by atoms with Gasteiger partial charge in [-0.25, -0.2) is 0 Å². The van der Waals surface area contributed by atoms with Crippen molar-refractivity contribution in [3.8, 4) is 0 Å². The molecule has 4 aliphatic heterocycles. The molecule has 1 aromatic rings. The molecule has 3 saturated heterocycles. The van der Waals surface area contributed by atoms with Crippen LogP contribution in [0.5, 0.6) is 0 Å². The molecule has 4 aliphatic rings. The smallest absolute Gasteiger partial charge is 0.255 e. The molecule has 5 rings (SSSR count). The maximum Gasteiger partial charge on any atom is 0.255 e. The molecular weight excluding hydrogens is 368 g/mol. The Morgan fingerprint density at radius 1 is 1.17 bits per heavy atom. The van der Waals surface area contributed by atoms with Crippen LogP contribution in [0.4, 0.5) is 0 Å². The molecule has 29 heavy (non-hydrogen) atoms. The lowest BCUT2D eigenvalue weighted by molar-refractivity contribution is -0.136. The SMILES string of the molecule is O=C1CCC(N2Cc3ccc(CN4CCCC5(CCNC5)C4)cc3C2=O)C(=O)N1. The predicted molar refractivity (Wildman–Crippen MR) is 107 cm³/mol. The van der Waals surface area contributed by atoms with E-state index in [1.54, 1.807) is 4.90 Å². The highest BCUT2D eigenvalue weighted by Gasteiger charge is 2.40. The number of imide groups is 1. The minimum Gasteiger partial charge on any atom is -0.322 e. The molecule has 154 valence electrons. The number of nitrogens with zero attached hydrogens (tertiary/aromatic N) is 2. The summed E-state index contributed by atoms with van der Waals surface area (Å²) in [6.45, 7) is 5.77. The van der Waals surface area contributed by atoms with Crippen LogP contribution in [0.15, 0.2) is 18.2 Å². The van der Waals surface area contributed by atoms with Crippen molar-refractivity contribution in [2.24, 2.45) is 5.41 Å². The number of carbonyl (C=O) groups is 3. The second-order valence-electron chi connectivity index (χ2n) is 9.13. The van der Waals surface area contributed by atoms with Crippen LogP contribution in [-0.2, 0) is 22.7 Å². The first-order valence-electron chi connectivity index (χ1n) is 10.7. The van der Waals surface area contributed by atoms with Gasteiger partial charge in [0.15, 0.2) is 0 Å². The monoisotopic (exact) mass is 396 g/mol. The van der Waals surface area contributed by atoms with Gasteiger partial charge in [-0.1, -0.05) is 12.1 Å². The van der Waals surface area contributed by atoms with Crippen LogP contribution in [0, 0.1) is 5.41 Å². The summed E-state index contributed by atoms with van der Waals surface area (Å²) in [4.78, 5) is 40.8. The maximum absolute atomic E-state index is 13.0. The van der Waals surface area contributed by atoms with E-state index in [1.165, 1.54) is 19.3 Å². The molecule has 7 nitrogen and oxygen atoms in total. The summed E-state index contributed by atoms with van der Waals surface area (Å²) in [7, 11) is 0. The first-order valence-corrected chi connectivity index (χ1v) is 10.7. The minimum absolute atomic E-state index is 0.0912. The van der Waals surface area contributed by atoms with Crippen molar-refractivity contribution >= 4 is 17.7 Å². The van der Waals surface area contributed by atoms with Gasteiger partial charge < -0.3 is 10.2 Å². The first-order chi connectivity index (χ1) is 14.0. The van der Waals surface area contributed by atoms with E-state index in [2.05, 4.69) is 21.6 Å². The zero-order chi connectivity index (χ0) is 20.0. The average Bonchev–Trinajstić information content (AvgIpc) is 3.27. The Morgan fingerprint density at radius 3 is 2.86 bits per heavy atom. The lowest BCUT2D eigenvalue weighted by Crippen LogP contribution is -2.52. The number of amides is 3. The number of benzene rings is 1. The summed E-state index contributed by atoms with van der Waals surface area (Å²) in [5.41, 5.74) is 3.26. The number of fused-ring (bicyclic) bond motifs is 1. The molecule has 1 spiro atoms. The van der Waals surface area contributed by atoms with E-state index in [-0.39, 0.29) is 24.1 Å². The highest BCUT2D eigenvalue weighted by atomic mass is 16.2. The lowest BCUT2D eigenvalue weighted by atomic mass is 9.79. The molecule has 2 atom stereocenters. The number of piperidine rings is 2. The van der Waals surface area contributed by atoms with E-state index in [1.807, 2.05) is 12.1 Å². The average molecular weight is 396 g/mol. The zero-order valence-electron chi connectivity index (χ0n) is 16.7. The number of nitrogens with one attached hydrogen (secondary N) is 2. The summed E-state index contributed by atoms with van der Waals surface area (Å²) in [5.74, 6) is -0.702. The first kappa shape index (κ1) is 18.8. The molecule has 3 amide bonds. The third kappa shape index (κ3) is 3.46. The third-order valence-corrected chi connectivity index (χ3v) is 7.07. The summed E-state index contributed by atoms with van der Waals surface area (Å²) in [6, 6.07) is 5.62. The molecule has 0 bridgehead atoms. The quantitative estimate of drug-likeness (QED) is 0.746. The summed E-state index contributed by atoms with van der Waals surface area (Å²) >= 11 is 0. The van der Waals surface area contributed by atoms with Crippen LogP contribution in [0.2, 0.25) is 0 Å². The van der Waals surface area contributed by atoms with E-state index < -0.39 is 6.04 Å². The van der Waals surface area contributed by atoms with Crippen LogP contribution in [-0.4, -0.2) is 59.7 Å². The molecule has 4 heterocycles. The fourth-order valence-electron chi connectivity index (χ4n) is 5.55. The van der Waals surface area contributed by atoms with E-state index >= 15 is 0 Å². The van der Waals surface area contributed by atoms with Crippen LogP contribution in [0.3, 0.4) is 0 Å². The van der Waals surface area contributed by atoms with Gasteiger partial charge >= 0.3 is 0 Å². The van der Waals surface area contributed by atoms with E-state index in [9.17, 15) is 14.4 Å². The van der Waals surface area contributed by atoms with Crippen LogP contribution in [0.1, 0.15) is 53.6 Å². The van der Waals surface area contributed by atoms with Gasteiger partial charge in [-0.05, 0) is 61.4 Å². The van der Waals surface area contributed by atoms with Crippen LogP contribution in [0.25, 0.3) is 0 Å². The van der Waals surface area contributed by atoms with Crippen molar-refractivity contribution in [3.63, 3.8) is 0 Å². The number of hydrogen-bond donors (Lipinski definition) is 2. The summed E-state index contributed by atoms with van der Waals surface area (Å²) in [5, 5.41) is 5.88. The molecule has 0 radical (unpaired) electrons. The summed E-state index contributed by atoms with van der Waals surface area (Å²) < 4.78 is 0. The summed E-state index contributed by atoms with van der Waals surface area (Å²) in [6.07, 6.45) is 4.48. The van der Waals surface area contributed by atoms with Gasteiger partial charge in [0.25, 0.3) is 5.91 Å². The molecular formula is C22H28N4O3. The van der Waals surface area contributed by atoms with Crippen molar-refractivity contribution in [2.45, 2.75) is 51.2 Å². The third-order valence-electron chi connectivity index (χ3n) is 7.07. The minimum atomic E-state index is -0.548. The topological polar surface area (TPSA) is 81.8 Å². The Hall–Kier alpha value is -2.25. The standard InChI is InChI=1S/C22H28N4O3/c27-19-5-4-18(20(28)24-19)26-12-16-3-2-15(10-17(16)21(26)29)11-25-9-1-6-22(14-25)7-8-23-13-22/h2-3,10,18,23H,1,4-9,11-14H2,(H,24,27,28). The molecule has 7 heteroatoms. The normalized spacial score (nSPS) is 30.1. The Balaban J connectivity index is 1.29. The number of carbonyl (C=O) groups excluding carboxylic acids is 3. The second-order valence-corrected chi connectivity index (χ2v) is 9.13. The maximum atomic E-state index is 13.0. The second kappa shape index (κ2) is 7.22. The van der Waals surface area contributed by atoms with Gasteiger partial charge in [0, 0.05) is 38.2 Å². The molecule has 2 unspecified atom stereocenters. The Kier molecular flexibility index (Phi) is 4.67. The highest BCUT2D eigenvalue weighted by Crippen LogP contribution is 2.36. The molecule has 3 fully saturated rings. The largest absolute Gasteiger partial charge is 0.322 e. The number of likely N-dealkylation sites (tertiary alicyclic amines) is 1. The van der Waals surface area contributed by atoms with E-state index in [0.717, 1.165) is 43.9 Å². The Bertz CT molecular complexity index is 862. The van der Waals surface area contributed by atoms with Crippen molar-refractivity contribution in [2.75, 3.05) is 26.2 Å². The van der Waals surface area contributed by atoms with Crippen molar-refractivity contribution in [3.05, 3.63) is 34.9 Å². The fraction of sp³-hybridized carbons (Fsp3) is 0.591. The van der Waals surface area contributed by atoms with E-state index in [4.69, 9.17) is 0 Å². The predicted octanol–water partition coefficient (Wildman–Crippen LogP) is 1.02. The number of rotatable bonds is 3. The number of hydrogen-bond acceptors (Lipinski definition) is 5. The molecule has 2 N–H and O–H groups in total. The van der Waals surface area contributed by atoms with Crippen molar-refractivity contribution in [1.29, 1.82) is 0 Å². The zero-order valence-corrected chi connectivity index (χ0v) is 16.7. The molecule has 0 saturated carbocycles. The fourth-order valence-corrected chi connectivity index (χ4v) is 5.55. The van der Waals surface area contributed by atoms with Gasteiger partial charge in [0.1, 0.15) is 6.04 Å². The van der Waals surface area contributed by atoms with Gasteiger partial charge in [-0.3, -0.25) is 24.6 Å². The van der Waals surface area contributed by atoms with Gasteiger partial charge in [-0.2, -0.15) is 0 Å². The van der Waals surface area contributed by atoms with Gasteiger partial charge in [0.05, 0.1) is 0 Å².